The van der Waals surface area contributed by atoms with Crippen LogP contribution in [0.2, 0.25) is 0 Å². The fraction of sp³-hybridized carbons (Fsp3) is 0.412. The number of nitrogens with two attached hydrogens (primary N) is 2. The normalized spacial score (nSPS) is 18.8. The molecule has 1 amide bonds. The molecule has 1 saturated carbocycles. The highest BCUT2D eigenvalue weighted by atomic mass is 16.4. The number of nitrogens with one attached hydrogen (secondary N) is 1. The molecule has 1 spiro atoms. The first kappa shape index (κ1) is 17.7. The number of anilines is 1. The largest absolute Gasteiger partial charge is 0.480 e. The monoisotopic (exact) mass is 358 g/mol. The van der Waals surface area contributed by atoms with Crippen molar-refractivity contribution in [3.63, 3.8) is 0 Å². The van der Waals surface area contributed by atoms with E-state index >= 15 is 0 Å². The number of para-hydroxylation sites is 1. The van der Waals surface area contributed by atoms with Gasteiger partial charge in [0.15, 0.2) is 0 Å². The number of hydrogen-bond acceptors (Lipinski definition) is 7. The summed E-state index contributed by atoms with van der Waals surface area (Å²) in [7, 11) is 0. The molecule has 138 valence electrons. The highest BCUT2D eigenvalue weighted by molar-refractivity contribution is 6.10. The van der Waals surface area contributed by atoms with Crippen LogP contribution in [0.3, 0.4) is 0 Å². The lowest BCUT2D eigenvalue weighted by molar-refractivity contribution is -0.135. The summed E-state index contributed by atoms with van der Waals surface area (Å²) in [5.74, 6) is -1.30. The fourth-order valence-electron chi connectivity index (χ4n) is 3.58. The summed E-state index contributed by atoms with van der Waals surface area (Å²) in [6.07, 6.45) is 4.52. The maximum atomic E-state index is 12.5. The molecule has 1 aliphatic carbocycles. The van der Waals surface area contributed by atoms with Crippen LogP contribution >= 0.6 is 0 Å². The Kier molecular flexibility index (Phi) is 4.79. The van der Waals surface area contributed by atoms with Gasteiger partial charge < -0.3 is 21.9 Å². The standard InChI is InChI=1S/C17H22N6O3/c18-15-21-16(19)23(17(22-15)8-4-1-5-9-17)12-7-3-2-6-11(12)14(26)20-10-13(24)25/h2-3,6-7H,1,4-5,8-10H2,(H,20,26)(H,24,25)(H4,18,19,21,22). The number of hydrogen-bond donors (Lipinski definition) is 4. The Hall–Kier alpha value is -3.10. The van der Waals surface area contributed by atoms with E-state index in [1.165, 1.54) is 0 Å². The molecule has 0 radical (unpaired) electrons. The lowest BCUT2D eigenvalue weighted by Gasteiger charge is -2.46. The number of nitrogens with zero attached hydrogens (tertiary/aromatic N) is 3. The smallest absolute Gasteiger partial charge is 0.322 e. The van der Waals surface area contributed by atoms with Gasteiger partial charge in [-0.05, 0) is 37.8 Å². The van der Waals surface area contributed by atoms with Crippen molar-refractivity contribution in [1.82, 2.24) is 5.32 Å². The molecule has 26 heavy (non-hydrogen) atoms. The molecule has 2 aliphatic rings. The zero-order chi connectivity index (χ0) is 18.7. The number of rotatable bonds is 4. The van der Waals surface area contributed by atoms with Crippen LogP contribution < -0.4 is 21.7 Å². The zero-order valence-corrected chi connectivity index (χ0v) is 14.3. The van der Waals surface area contributed by atoms with E-state index in [1.54, 1.807) is 29.2 Å². The molecule has 6 N–H and O–H groups in total. The van der Waals surface area contributed by atoms with Crippen molar-refractivity contribution in [3.8, 4) is 0 Å². The van der Waals surface area contributed by atoms with E-state index < -0.39 is 24.1 Å². The Morgan fingerprint density at radius 3 is 2.58 bits per heavy atom. The number of carbonyl (C=O) groups is 2. The minimum absolute atomic E-state index is 0.133. The number of guanidine groups is 2. The van der Waals surface area contributed by atoms with Gasteiger partial charge in [-0.3, -0.25) is 14.5 Å². The van der Waals surface area contributed by atoms with E-state index in [0.717, 1.165) is 32.1 Å². The Bertz CT molecular complexity index is 782. The molecule has 0 aromatic heterocycles. The van der Waals surface area contributed by atoms with Gasteiger partial charge in [-0.25, -0.2) is 4.99 Å². The Morgan fingerprint density at radius 2 is 1.88 bits per heavy atom. The van der Waals surface area contributed by atoms with Crippen molar-refractivity contribution in [3.05, 3.63) is 29.8 Å². The molecule has 1 aromatic rings. The van der Waals surface area contributed by atoms with Crippen molar-refractivity contribution in [1.29, 1.82) is 0 Å². The molecule has 0 saturated heterocycles. The predicted molar refractivity (Wildman–Crippen MR) is 98.0 cm³/mol. The number of carbonyl (C=O) groups excluding carboxylic acids is 1. The number of aliphatic carboxylic acids is 1. The molecule has 1 heterocycles. The summed E-state index contributed by atoms with van der Waals surface area (Å²) >= 11 is 0. The van der Waals surface area contributed by atoms with E-state index in [0.29, 0.717) is 11.3 Å². The molecule has 0 bridgehead atoms. The molecule has 1 aliphatic heterocycles. The number of carboxylic acids is 1. The van der Waals surface area contributed by atoms with Gasteiger partial charge in [0.25, 0.3) is 5.91 Å². The summed E-state index contributed by atoms with van der Waals surface area (Å²) in [5, 5.41) is 11.2. The van der Waals surface area contributed by atoms with Crippen LogP contribution in [0.5, 0.6) is 0 Å². The molecule has 9 heteroatoms. The predicted octanol–water partition coefficient (Wildman–Crippen LogP) is 0.611. The third kappa shape index (κ3) is 3.32. The van der Waals surface area contributed by atoms with Crippen LogP contribution in [0.1, 0.15) is 42.5 Å². The van der Waals surface area contributed by atoms with Crippen LogP contribution in [0.15, 0.2) is 34.3 Å². The molecule has 1 fully saturated rings. The quantitative estimate of drug-likeness (QED) is 0.620. The Balaban J connectivity index is 2.02. The van der Waals surface area contributed by atoms with Gasteiger partial charge in [0.05, 0.1) is 11.3 Å². The minimum atomic E-state index is -1.11. The molecular weight excluding hydrogens is 336 g/mol. The average Bonchev–Trinajstić information content (AvgIpc) is 2.60. The van der Waals surface area contributed by atoms with Gasteiger partial charge in [0.1, 0.15) is 12.2 Å². The number of benzene rings is 1. The SMILES string of the molecule is NC1=NC2(CCCCC2)N(c2ccccc2C(=O)NCC(=O)O)C(N)=N1. The van der Waals surface area contributed by atoms with Crippen LogP contribution in [-0.4, -0.2) is 41.1 Å². The third-order valence-corrected chi connectivity index (χ3v) is 4.64. The second kappa shape index (κ2) is 7.03. The summed E-state index contributed by atoms with van der Waals surface area (Å²) < 4.78 is 0. The number of amides is 1. The molecule has 3 rings (SSSR count). The first-order chi connectivity index (χ1) is 12.4. The number of carboxylic acid groups (broad SMARTS) is 1. The lowest BCUT2D eigenvalue weighted by atomic mass is 9.87. The number of aliphatic imine (C=N–C) groups is 2. The Labute approximate surface area is 150 Å². The van der Waals surface area contributed by atoms with Crippen LogP contribution in [0, 0.1) is 0 Å². The van der Waals surface area contributed by atoms with E-state index in [-0.39, 0.29) is 11.9 Å². The molecule has 0 atom stereocenters. The summed E-state index contributed by atoms with van der Waals surface area (Å²) in [6.45, 7) is -0.465. The van der Waals surface area contributed by atoms with E-state index in [9.17, 15) is 9.59 Å². The van der Waals surface area contributed by atoms with E-state index in [2.05, 4.69) is 15.3 Å². The molecule has 1 aromatic carbocycles. The van der Waals surface area contributed by atoms with Gasteiger partial charge in [0.2, 0.25) is 11.9 Å². The fourth-order valence-corrected chi connectivity index (χ4v) is 3.58. The maximum Gasteiger partial charge on any atom is 0.322 e. The first-order valence-electron chi connectivity index (χ1n) is 8.52. The van der Waals surface area contributed by atoms with Gasteiger partial charge in [-0.2, -0.15) is 4.99 Å². The average molecular weight is 358 g/mol. The second-order valence-corrected chi connectivity index (χ2v) is 6.41. The van der Waals surface area contributed by atoms with Gasteiger partial charge in [-0.1, -0.05) is 18.6 Å². The third-order valence-electron chi connectivity index (χ3n) is 4.64. The topological polar surface area (TPSA) is 146 Å². The van der Waals surface area contributed by atoms with Crippen molar-refractivity contribution in [2.24, 2.45) is 21.5 Å². The highest BCUT2D eigenvalue weighted by Crippen LogP contribution is 2.40. The lowest BCUT2D eigenvalue weighted by Crippen LogP contribution is -2.58. The zero-order valence-electron chi connectivity index (χ0n) is 14.3. The molecule has 0 unspecified atom stereocenters. The first-order valence-corrected chi connectivity index (χ1v) is 8.52. The van der Waals surface area contributed by atoms with E-state index in [4.69, 9.17) is 16.6 Å². The van der Waals surface area contributed by atoms with Gasteiger partial charge in [0, 0.05) is 0 Å². The second-order valence-electron chi connectivity index (χ2n) is 6.41. The van der Waals surface area contributed by atoms with Gasteiger partial charge >= 0.3 is 5.97 Å². The minimum Gasteiger partial charge on any atom is -0.480 e. The van der Waals surface area contributed by atoms with Crippen molar-refractivity contribution in [2.45, 2.75) is 37.8 Å². The van der Waals surface area contributed by atoms with Crippen molar-refractivity contribution in [2.75, 3.05) is 11.4 Å². The van der Waals surface area contributed by atoms with Crippen LogP contribution in [-0.2, 0) is 4.79 Å². The molecule has 9 nitrogen and oxygen atoms in total. The molecular formula is C17H22N6O3. The van der Waals surface area contributed by atoms with Crippen molar-refractivity contribution < 1.29 is 14.7 Å². The van der Waals surface area contributed by atoms with E-state index in [1.807, 2.05) is 0 Å². The summed E-state index contributed by atoms with van der Waals surface area (Å²) in [4.78, 5) is 33.7. The Morgan fingerprint density at radius 1 is 1.19 bits per heavy atom. The van der Waals surface area contributed by atoms with Crippen LogP contribution in [0.4, 0.5) is 5.69 Å². The summed E-state index contributed by atoms with van der Waals surface area (Å²) in [5.41, 5.74) is 12.2. The summed E-state index contributed by atoms with van der Waals surface area (Å²) in [6, 6.07) is 6.87. The van der Waals surface area contributed by atoms with Crippen molar-refractivity contribution >= 4 is 29.5 Å². The highest BCUT2D eigenvalue weighted by Gasteiger charge is 2.43. The maximum absolute atomic E-state index is 12.5. The van der Waals surface area contributed by atoms with Gasteiger partial charge in [-0.15, -0.1) is 0 Å². The van der Waals surface area contributed by atoms with Crippen LogP contribution in [0.25, 0.3) is 0 Å².